The molecule has 0 radical (unpaired) electrons. The Labute approximate surface area is 135 Å². The van der Waals surface area contributed by atoms with Crippen LogP contribution in [0.2, 0.25) is 35.9 Å². The van der Waals surface area contributed by atoms with E-state index in [-0.39, 0.29) is 6.73 Å². The predicted molar refractivity (Wildman–Crippen MR) is 89.2 cm³/mol. The molecule has 0 aliphatic carbocycles. The van der Waals surface area contributed by atoms with Crippen LogP contribution in [0, 0.1) is 0 Å². The summed E-state index contributed by atoms with van der Waals surface area (Å²) in [5.41, 5.74) is 1.12. The van der Waals surface area contributed by atoms with E-state index in [1.807, 2.05) is 0 Å². The predicted octanol–water partition coefficient (Wildman–Crippen LogP) is 4.47. The van der Waals surface area contributed by atoms with Crippen molar-refractivity contribution in [2.75, 3.05) is 6.61 Å². The second-order valence-electron chi connectivity index (χ2n) is 6.12. The number of aromatic nitrogens is 2. The van der Waals surface area contributed by atoms with Gasteiger partial charge in [-0.15, -0.1) is 0 Å². The van der Waals surface area contributed by atoms with Gasteiger partial charge < -0.3 is 9.30 Å². The van der Waals surface area contributed by atoms with E-state index in [0.717, 1.165) is 12.3 Å². The van der Waals surface area contributed by atoms with Crippen LogP contribution in [-0.4, -0.2) is 30.5 Å². The Morgan fingerprint density at radius 3 is 2.71 bits per heavy atom. The van der Waals surface area contributed by atoms with Gasteiger partial charge in [-0.3, -0.25) is 4.79 Å². The minimum absolute atomic E-state index is 0.268. The molecular weight excluding hydrogens is 327 g/mol. The Morgan fingerprint density at radius 2 is 2.10 bits per heavy atom. The number of aldehydes is 1. The fraction of sp³-hybridized carbons (Fsp3) is 0.429. The summed E-state index contributed by atoms with van der Waals surface area (Å²) in [5, 5.41) is 1.50. The number of rotatable bonds is 6. The van der Waals surface area contributed by atoms with Gasteiger partial charge in [0.1, 0.15) is 6.73 Å². The minimum Gasteiger partial charge on any atom is -0.361 e. The molecule has 114 valence electrons. The SMILES string of the molecule is C[Si](C)(C)CCOCn1c(C=O)cc2c(Cl)cnc(Cl)c21. The molecule has 2 rings (SSSR count). The second-order valence-corrected chi connectivity index (χ2v) is 12.5. The molecular formula is C14H18Cl2N2O2Si. The Kier molecular flexibility index (Phi) is 5.09. The van der Waals surface area contributed by atoms with Crippen molar-refractivity contribution in [3.05, 3.63) is 28.1 Å². The van der Waals surface area contributed by atoms with Gasteiger partial charge in [-0.05, 0) is 12.1 Å². The number of pyridine rings is 1. The van der Waals surface area contributed by atoms with Crippen LogP contribution in [0.5, 0.6) is 0 Å². The van der Waals surface area contributed by atoms with Gasteiger partial charge in [0.25, 0.3) is 0 Å². The smallest absolute Gasteiger partial charge is 0.166 e. The van der Waals surface area contributed by atoms with Gasteiger partial charge in [0.05, 0.1) is 16.2 Å². The van der Waals surface area contributed by atoms with Crippen molar-refractivity contribution in [1.29, 1.82) is 0 Å². The summed E-state index contributed by atoms with van der Waals surface area (Å²) in [7, 11) is -1.14. The maximum atomic E-state index is 11.2. The number of carbonyl (C=O) groups excluding carboxylic acids is 1. The zero-order chi connectivity index (χ0) is 15.6. The lowest BCUT2D eigenvalue weighted by atomic mass is 10.3. The third kappa shape index (κ3) is 3.86. The van der Waals surface area contributed by atoms with Gasteiger partial charge in [0.2, 0.25) is 0 Å². The fourth-order valence-corrected chi connectivity index (χ4v) is 3.19. The molecule has 2 aromatic rings. The summed E-state index contributed by atoms with van der Waals surface area (Å²) >= 11 is 12.2. The molecule has 4 nitrogen and oxygen atoms in total. The quantitative estimate of drug-likeness (QED) is 0.336. The molecule has 21 heavy (non-hydrogen) atoms. The minimum atomic E-state index is -1.14. The molecule has 2 heterocycles. The molecule has 0 aliphatic rings. The Hall–Kier alpha value is -0.883. The highest BCUT2D eigenvalue weighted by Gasteiger charge is 2.16. The van der Waals surface area contributed by atoms with E-state index in [1.54, 1.807) is 10.6 Å². The molecule has 0 unspecified atom stereocenters. The highest BCUT2D eigenvalue weighted by atomic mass is 35.5. The largest absolute Gasteiger partial charge is 0.361 e. The molecule has 0 N–H and O–H groups in total. The maximum absolute atomic E-state index is 11.2. The highest BCUT2D eigenvalue weighted by Crippen LogP contribution is 2.30. The molecule has 0 saturated carbocycles. The monoisotopic (exact) mass is 344 g/mol. The van der Waals surface area contributed by atoms with Crippen molar-refractivity contribution in [3.63, 3.8) is 0 Å². The van der Waals surface area contributed by atoms with Crippen molar-refractivity contribution in [1.82, 2.24) is 9.55 Å². The summed E-state index contributed by atoms with van der Waals surface area (Å²) in [4.78, 5) is 15.3. The van der Waals surface area contributed by atoms with Gasteiger partial charge >= 0.3 is 0 Å². The lowest BCUT2D eigenvalue weighted by molar-refractivity contribution is 0.0863. The average molecular weight is 345 g/mol. The van der Waals surface area contributed by atoms with Crippen LogP contribution in [0.15, 0.2) is 12.3 Å². The lowest BCUT2D eigenvalue weighted by Gasteiger charge is -2.16. The first kappa shape index (κ1) is 16.5. The molecule has 0 bridgehead atoms. The number of fused-ring (bicyclic) bond motifs is 1. The fourth-order valence-electron chi connectivity index (χ4n) is 1.99. The van der Waals surface area contributed by atoms with Gasteiger partial charge in [0, 0.05) is 26.3 Å². The number of halogens is 2. The average Bonchev–Trinajstić information content (AvgIpc) is 2.78. The van der Waals surface area contributed by atoms with Crippen LogP contribution in [0.4, 0.5) is 0 Å². The first-order valence-corrected chi connectivity index (χ1v) is 11.2. The van der Waals surface area contributed by atoms with Crippen LogP contribution in [0.3, 0.4) is 0 Å². The van der Waals surface area contributed by atoms with Gasteiger partial charge in [0.15, 0.2) is 11.4 Å². The zero-order valence-corrected chi connectivity index (χ0v) is 14.8. The van der Waals surface area contributed by atoms with Crippen molar-refractivity contribution < 1.29 is 9.53 Å². The van der Waals surface area contributed by atoms with E-state index in [0.29, 0.717) is 33.4 Å². The first-order valence-electron chi connectivity index (χ1n) is 6.69. The van der Waals surface area contributed by atoms with Crippen LogP contribution >= 0.6 is 23.2 Å². The molecule has 0 amide bonds. The Bertz CT molecular complexity index is 665. The van der Waals surface area contributed by atoms with Crippen LogP contribution in [0.25, 0.3) is 10.9 Å². The first-order chi connectivity index (χ1) is 9.83. The van der Waals surface area contributed by atoms with Crippen molar-refractivity contribution in [2.45, 2.75) is 32.4 Å². The molecule has 0 aliphatic heterocycles. The van der Waals surface area contributed by atoms with Crippen molar-refractivity contribution in [3.8, 4) is 0 Å². The summed E-state index contributed by atoms with van der Waals surface area (Å²) in [5.74, 6) is 0. The highest BCUT2D eigenvalue weighted by molar-refractivity contribution is 6.76. The van der Waals surface area contributed by atoms with Gasteiger partial charge in [-0.25, -0.2) is 4.98 Å². The molecule has 7 heteroatoms. The molecule has 0 saturated heterocycles. The summed E-state index contributed by atoms with van der Waals surface area (Å²) in [6, 6.07) is 2.77. The number of nitrogens with zero attached hydrogens (tertiary/aromatic N) is 2. The molecule has 0 fully saturated rings. The third-order valence-corrected chi connectivity index (χ3v) is 5.49. The normalized spacial score (nSPS) is 12.0. The zero-order valence-electron chi connectivity index (χ0n) is 12.3. The lowest BCUT2D eigenvalue weighted by Crippen LogP contribution is -2.22. The molecule has 0 atom stereocenters. The van der Waals surface area contributed by atoms with Crippen molar-refractivity contribution in [2.24, 2.45) is 0 Å². The second kappa shape index (κ2) is 6.48. The van der Waals surface area contributed by atoms with Crippen LogP contribution < -0.4 is 0 Å². The number of hydrogen-bond donors (Lipinski definition) is 0. The van der Waals surface area contributed by atoms with Crippen molar-refractivity contribution >= 4 is 48.5 Å². The molecule has 2 aromatic heterocycles. The summed E-state index contributed by atoms with van der Waals surface area (Å²) < 4.78 is 7.42. The summed E-state index contributed by atoms with van der Waals surface area (Å²) in [6.07, 6.45) is 2.26. The Morgan fingerprint density at radius 1 is 1.38 bits per heavy atom. The van der Waals surface area contributed by atoms with E-state index < -0.39 is 8.07 Å². The maximum Gasteiger partial charge on any atom is 0.166 e. The van der Waals surface area contributed by atoms with Crippen LogP contribution in [0.1, 0.15) is 10.5 Å². The standard InChI is InChI=1S/C14H18Cl2N2O2Si/c1-21(2,3)5-4-20-9-18-10(8-19)6-11-12(15)7-17-14(16)13(11)18/h6-8H,4-5,9H2,1-3H3. The van der Waals surface area contributed by atoms with E-state index in [2.05, 4.69) is 24.6 Å². The van der Waals surface area contributed by atoms with E-state index in [4.69, 9.17) is 27.9 Å². The van der Waals surface area contributed by atoms with E-state index >= 15 is 0 Å². The van der Waals surface area contributed by atoms with Crippen LogP contribution in [-0.2, 0) is 11.5 Å². The topological polar surface area (TPSA) is 44.1 Å². The Balaban J connectivity index is 2.26. The summed E-state index contributed by atoms with van der Waals surface area (Å²) in [6.45, 7) is 7.81. The number of carbonyl (C=O) groups is 1. The van der Waals surface area contributed by atoms with E-state index in [9.17, 15) is 4.79 Å². The van der Waals surface area contributed by atoms with Gasteiger partial charge in [-0.2, -0.15) is 0 Å². The number of hydrogen-bond acceptors (Lipinski definition) is 3. The number of ether oxygens (including phenoxy) is 1. The molecule has 0 aromatic carbocycles. The third-order valence-electron chi connectivity index (χ3n) is 3.21. The molecule has 0 spiro atoms. The van der Waals surface area contributed by atoms with Gasteiger partial charge in [-0.1, -0.05) is 42.8 Å². The van der Waals surface area contributed by atoms with E-state index in [1.165, 1.54) is 6.20 Å².